The van der Waals surface area contributed by atoms with E-state index in [9.17, 15) is 13.9 Å². The number of hydrogen-bond donors (Lipinski definition) is 4. The number of fused-ring (bicyclic) bond motifs is 1. The number of carbonyl (C=O) groups excluding carboxylic acids is 1. The fourth-order valence-electron chi connectivity index (χ4n) is 4.45. The number of aromatic nitrogens is 5. The number of aromatic amines is 1. The SMILES string of the molecule is O=C(NC1CCC(N2CCCS2(O)O)CC1)c1nc(-n2ccnc2)nc2cc[nH]c12. The highest BCUT2D eigenvalue weighted by Crippen LogP contribution is 2.51. The molecule has 11 heteroatoms. The second kappa shape index (κ2) is 7.65. The smallest absolute Gasteiger partial charge is 0.272 e. The van der Waals surface area contributed by atoms with Crippen molar-refractivity contribution in [3.8, 4) is 5.95 Å². The minimum absolute atomic E-state index is 0.0369. The number of hydrogen-bond acceptors (Lipinski definition) is 7. The fourth-order valence-corrected chi connectivity index (χ4v) is 6.31. The molecule has 0 unspecified atom stereocenters. The molecule has 0 spiro atoms. The van der Waals surface area contributed by atoms with Gasteiger partial charge in [0.25, 0.3) is 5.91 Å². The van der Waals surface area contributed by atoms with Crippen molar-refractivity contribution in [2.45, 2.75) is 44.2 Å². The summed E-state index contributed by atoms with van der Waals surface area (Å²) in [7, 11) is -2.60. The first kappa shape index (κ1) is 19.5. The summed E-state index contributed by atoms with van der Waals surface area (Å²) in [5.41, 5.74) is 1.59. The molecule has 160 valence electrons. The summed E-state index contributed by atoms with van der Waals surface area (Å²) in [6.07, 6.45) is 10.8. The van der Waals surface area contributed by atoms with E-state index in [1.54, 1.807) is 29.5 Å². The van der Waals surface area contributed by atoms with Gasteiger partial charge in [-0.25, -0.2) is 19.3 Å². The van der Waals surface area contributed by atoms with Crippen LogP contribution in [0.2, 0.25) is 0 Å². The van der Waals surface area contributed by atoms with E-state index in [1.807, 2.05) is 10.4 Å². The summed E-state index contributed by atoms with van der Waals surface area (Å²) in [6, 6.07) is 2.02. The van der Waals surface area contributed by atoms with Crippen molar-refractivity contribution in [2.75, 3.05) is 12.3 Å². The van der Waals surface area contributed by atoms with Crippen LogP contribution in [-0.4, -0.2) is 68.2 Å². The molecular formula is C19H25N7O3S. The van der Waals surface area contributed by atoms with Gasteiger partial charge >= 0.3 is 0 Å². The third-order valence-corrected chi connectivity index (χ3v) is 8.02. The maximum absolute atomic E-state index is 13.1. The Bertz CT molecular complexity index is 1040. The quantitative estimate of drug-likeness (QED) is 0.499. The first-order valence-electron chi connectivity index (χ1n) is 10.2. The molecule has 30 heavy (non-hydrogen) atoms. The number of nitrogens with zero attached hydrogens (tertiary/aromatic N) is 5. The summed E-state index contributed by atoms with van der Waals surface area (Å²) in [5, 5.41) is 3.11. The van der Waals surface area contributed by atoms with Gasteiger partial charge in [-0.3, -0.25) is 18.5 Å². The molecule has 3 aromatic heterocycles. The first-order valence-corrected chi connectivity index (χ1v) is 11.9. The standard InChI is InChI=1S/C19H25N7O3S/c27-18(22-13-2-4-14(5-3-13)26-9-1-11-30(26,28)29)17-16-15(6-7-21-16)23-19(24-17)25-10-8-20-12-25/h6-8,10,12-14,21,28-29H,1-5,9,11H2,(H,22,27). The van der Waals surface area contributed by atoms with Crippen LogP contribution in [0, 0.1) is 0 Å². The van der Waals surface area contributed by atoms with Crippen LogP contribution < -0.4 is 5.32 Å². The van der Waals surface area contributed by atoms with Crippen molar-refractivity contribution in [2.24, 2.45) is 0 Å². The topological polar surface area (TPSA) is 132 Å². The highest BCUT2D eigenvalue weighted by molar-refractivity contribution is 8.22. The molecular weight excluding hydrogens is 406 g/mol. The molecule has 0 aromatic carbocycles. The second-order valence-electron chi connectivity index (χ2n) is 7.89. The molecule has 0 bridgehead atoms. The van der Waals surface area contributed by atoms with Gasteiger partial charge in [0.2, 0.25) is 5.95 Å². The monoisotopic (exact) mass is 431 g/mol. The zero-order valence-corrected chi connectivity index (χ0v) is 17.3. The van der Waals surface area contributed by atoms with Gasteiger partial charge in [-0.05, 0) is 38.2 Å². The Kier molecular flexibility index (Phi) is 4.97. The number of carbonyl (C=O) groups is 1. The van der Waals surface area contributed by atoms with E-state index >= 15 is 0 Å². The van der Waals surface area contributed by atoms with Crippen molar-refractivity contribution in [1.82, 2.24) is 34.1 Å². The van der Waals surface area contributed by atoms with Crippen LogP contribution in [0.5, 0.6) is 0 Å². The lowest BCUT2D eigenvalue weighted by Gasteiger charge is -2.44. The van der Waals surface area contributed by atoms with E-state index in [2.05, 4.69) is 25.3 Å². The van der Waals surface area contributed by atoms with E-state index in [0.29, 0.717) is 28.4 Å². The zero-order valence-electron chi connectivity index (χ0n) is 16.4. The molecule has 4 heterocycles. The Balaban J connectivity index is 1.29. The van der Waals surface area contributed by atoms with Crippen LogP contribution in [0.15, 0.2) is 31.0 Å². The molecule has 0 radical (unpaired) electrons. The van der Waals surface area contributed by atoms with E-state index in [0.717, 1.165) is 38.6 Å². The molecule has 2 aliphatic rings. The van der Waals surface area contributed by atoms with Gasteiger partial charge in [0.15, 0.2) is 5.69 Å². The highest BCUT2D eigenvalue weighted by atomic mass is 32.3. The maximum Gasteiger partial charge on any atom is 0.272 e. The molecule has 1 amide bonds. The van der Waals surface area contributed by atoms with Crippen LogP contribution >= 0.6 is 10.8 Å². The minimum atomic E-state index is -2.60. The van der Waals surface area contributed by atoms with Crippen molar-refractivity contribution < 1.29 is 13.9 Å². The van der Waals surface area contributed by atoms with Gasteiger partial charge in [0, 0.05) is 37.2 Å². The number of imidazole rings is 1. The number of amides is 1. The third-order valence-electron chi connectivity index (χ3n) is 5.96. The molecule has 3 aromatic rings. The molecule has 0 atom stereocenters. The fraction of sp³-hybridized carbons (Fsp3) is 0.474. The highest BCUT2D eigenvalue weighted by Gasteiger charge is 2.37. The summed E-state index contributed by atoms with van der Waals surface area (Å²) < 4.78 is 24.0. The van der Waals surface area contributed by atoms with Crippen LogP contribution in [0.25, 0.3) is 17.0 Å². The second-order valence-corrected chi connectivity index (χ2v) is 10.0. The van der Waals surface area contributed by atoms with Crippen LogP contribution in [-0.2, 0) is 0 Å². The van der Waals surface area contributed by atoms with Crippen molar-refractivity contribution in [3.63, 3.8) is 0 Å². The lowest BCUT2D eigenvalue weighted by Crippen LogP contribution is -2.43. The largest absolute Gasteiger partial charge is 0.358 e. The Morgan fingerprint density at radius 3 is 2.77 bits per heavy atom. The molecule has 2 fully saturated rings. The maximum atomic E-state index is 13.1. The predicted molar refractivity (Wildman–Crippen MR) is 114 cm³/mol. The van der Waals surface area contributed by atoms with E-state index in [1.165, 1.54) is 0 Å². The lowest BCUT2D eigenvalue weighted by atomic mass is 9.91. The molecule has 4 N–H and O–H groups in total. The Labute approximate surface area is 175 Å². The van der Waals surface area contributed by atoms with Crippen LogP contribution in [0.4, 0.5) is 0 Å². The van der Waals surface area contributed by atoms with E-state index in [4.69, 9.17) is 0 Å². The number of H-pyrrole nitrogens is 1. The number of rotatable bonds is 4. The zero-order chi connectivity index (χ0) is 20.7. The first-order chi connectivity index (χ1) is 14.5. The lowest BCUT2D eigenvalue weighted by molar-refractivity contribution is 0.0914. The molecule has 10 nitrogen and oxygen atoms in total. The normalized spacial score (nSPS) is 25.4. The van der Waals surface area contributed by atoms with Gasteiger partial charge in [0.05, 0.1) is 16.8 Å². The molecule has 5 rings (SSSR count). The summed E-state index contributed by atoms with van der Waals surface area (Å²) in [4.78, 5) is 29.1. The summed E-state index contributed by atoms with van der Waals surface area (Å²) in [5.74, 6) is 0.635. The van der Waals surface area contributed by atoms with Gasteiger partial charge in [0.1, 0.15) is 6.33 Å². The Morgan fingerprint density at radius 1 is 1.23 bits per heavy atom. The van der Waals surface area contributed by atoms with E-state index < -0.39 is 10.8 Å². The number of nitrogens with one attached hydrogen (secondary N) is 2. The molecule has 1 aliphatic heterocycles. The molecule has 1 saturated heterocycles. The van der Waals surface area contributed by atoms with Gasteiger partial charge < -0.3 is 10.3 Å². The Hall–Kier alpha value is -2.47. The van der Waals surface area contributed by atoms with E-state index in [-0.39, 0.29) is 18.0 Å². The molecule has 1 saturated carbocycles. The molecule has 1 aliphatic carbocycles. The van der Waals surface area contributed by atoms with Crippen molar-refractivity contribution in [3.05, 3.63) is 36.7 Å². The van der Waals surface area contributed by atoms with Crippen LogP contribution in [0.1, 0.15) is 42.6 Å². The Morgan fingerprint density at radius 2 is 2.07 bits per heavy atom. The predicted octanol–water partition coefficient (Wildman–Crippen LogP) is 2.56. The van der Waals surface area contributed by atoms with Gasteiger partial charge in [-0.1, -0.05) is 0 Å². The minimum Gasteiger partial charge on any atom is -0.358 e. The van der Waals surface area contributed by atoms with Crippen molar-refractivity contribution >= 4 is 27.7 Å². The average molecular weight is 432 g/mol. The van der Waals surface area contributed by atoms with Gasteiger partial charge in [-0.15, -0.1) is 10.8 Å². The van der Waals surface area contributed by atoms with Crippen LogP contribution in [0.3, 0.4) is 0 Å². The van der Waals surface area contributed by atoms with Gasteiger partial charge in [-0.2, -0.15) is 0 Å². The average Bonchev–Trinajstić information content (AvgIpc) is 3.48. The van der Waals surface area contributed by atoms with Crippen molar-refractivity contribution in [1.29, 1.82) is 0 Å². The third kappa shape index (κ3) is 3.58. The summed E-state index contributed by atoms with van der Waals surface area (Å²) in [6.45, 7) is 0.743. The summed E-state index contributed by atoms with van der Waals surface area (Å²) >= 11 is 0.